The van der Waals surface area contributed by atoms with Crippen LogP contribution in [0.25, 0.3) is 0 Å². The molecule has 1 aromatic carbocycles. The number of thiazole rings is 1. The highest BCUT2D eigenvalue weighted by atomic mass is 35.5. The van der Waals surface area contributed by atoms with Gasteiger partial charge < -0.3 is 5.73 Å². The van der Waals surface area contributed by atoms with Crippen LogP contribution in [0.5, 0.6) is 0 Å². The van der Waals surface area contributed by atoms with Gasteiger partial charge in [-0.1, -0.05) is 32.4 Å². The first-order valence-electron chi connectivity index (χ1n) is 6.13. The largest absolute Gasteiger partial charge is 0.398 e. The summed E-state index contributed by atoms with van der Waals surface area (Å²) < 4.78 is 27.0. The molecular weight excluding hydrogens is 330 g/mol. The Morgan fingerprint density at radius 1 is 1.33 bits per heavy atom. The maximum Gasteiger partial charge on any atom is 0.263 e. The van der Waals surface area contributed by atoms with E-state index in [4.69, 9.17) is 17.3 Å². The van der Waals surface area contributed by atoms with Crippen LogP contribution in [0.4, 0.5) is 10.8 Å². The molecule has 114 valence electrons. The number of sulfonamides is 1. The van der Waals surface area contributed by atoms with E-state index < -0.39 is 10.0 Å². The van der Waals surface area contributed by atoms with Gasteiger partial charge >= 0.3 is 0 Å². The third-order valence-electron chi connectivity index (χ3n) is 2.78. The maximum absolute atomic E-state index is 12.3. The zero-order valence-corrected chi connectivity index (χ0v) is 14.2. The Hall–Kier alpha value is -1.31. The Morgan fingerprint density at radius 3 is 2.52 bits per heavy atom. The van der Waals surface area contributed by atoms with Crippen molar-refractivity contribution in [3.8, 4) is 0 Å². The van der Waals surface area contributed by atoms with Crippen LogP contribution in [0.15, 0.2) is 28.5 Å². The highest BCUT2D eigenvalue weighted by molar-refractivity contribution is 7.93. The van der Waals surface area contributed by atoms with E-state index in [1.807, 2.05) is 26.2 Å². The van der Waals surface area contributed by atoms with Crippen LogP contribution < -0.4 is 10.5 Å². The lowest BCUT2D eigenvalue weighted by molar-refractivity contribution is 0.573. The molecule has 21 heavy (non-hydrogen) atoms. The standard InChI is InChI=1S/C13H16ClN3O2S2/c1-13(2,3)11-7-20-12(16-11)17-21(18,19)8-4-5-10(15)9(14)6-8/h4-7H,15H2,1-3H3,(H,16,17). The molecule has 8 heteroatoms. The summed E-state index contributed by atoms with van der Waals surface area (Å²) in [4.78, 5) is 4.35. The van der Waals surface area contributed by atoms with Gasteiger partial charge in [-0.15, -0.1) is 11.3 Å². The number of nitrogens with zero attached hydrogens (tertiary/aromatic N) is 1. The van der Waals surface area contributed by atoms with E-state index >= 15 is 0 Å². The quantitative estimate of drug-likeness (QED) is 0.834. The van der Waals surface area contributed by atoms with Crippen LogP contribution in [0, 0.1) is 0 Å². The number of nitrogen functional groups attached to an aromatic ring is 1. The fourth-order valence-electron chi connectivity index (χ4n) is 1.51. The lowest BCUT2D eigenvalue weighted by Crippen LogP contribution is -2.15. The molecule has 5 nitrogen and oxygen atoms in total. The molecule has 2 rings (SSSR count). The minimum absolute atomic E-state index is 0.0502. The van der Waals surface area contributed by atoms with Crippen LogP contribution in [-0.2, 0) is 15.4 Å². The average Bonchev–Trinajstić information content (AvgIpc) is 2.80. The van der Waals surface area contributed by atoms with E-state index in [0.29, 0.717) is 10.8 Å². The van der Waals surface area contributed by atoms with Gasteiger partial charge in [0, 0.05) is 10.8 Å². The van der Waals surface area contributed by atoms with Gasteiger partial charge in [0.1, 0.15) is 0 Å². The molecule has 0 saturated carbocycles. The zero-order chi connectivity index (χ0) is 15.8. The van der Waals surface area contributed by atoms with Crippen LogP contribution in [0.2, 0.25) is 5.02 Å². The second-order valence-corrected chi connectivity index (χ2v) is 8.52. The molecule has 1 heterocycles. The molecule has 0 fully saturated rings. The minimum atomic E-state index is -3.73. The topological polar surface area (TPSA) is 85.1 Å². The lowest BCUT2D eigenvalue weighted by atomic mass is 9.93. The molecule has 3 N–H and O–H groups in total. The molecule has 0 aliphatic heterocycles. The van der Waals surface area contributed by atoms with Gasteiger partial charge in [0.25, 0.3) is 10.0 Å². The summed E-state index contributed by atoms with van der Waals surface area (Å²) in [5.74, 6) is 0. The van der Waals surface area contributed by atoms with Gasteiger partial charge in [0.05, 0.1) is 21.3 Å². The lowest BCUT2D eigenvalue weighted by Gasteiger charge is -2.14. The second-order valence-electron chi connectivity index (χ2n) is 5.58. The van der Waals surface area contributed by atoms with Crippen LogP contribution >= 0.6 is 22.9 Å². The number of anilines is 2. The summed E-state index contributed by atoms with van der Waals surface area (Å²) in [5, 5.41) is 2.37. The number of halogens is 1. The van der Waals surface area contributed by atoms with E-state index in [-0.39, 0.29) is 15.3 Å². The Kier molecular flexibility index (Phi) is 4.19. The normalized spacial score (nSPS) is 12.4. The van der Waals surface area contributed by atoms with Crippen LogP contribution in [-0.4, -0.2) is 13.4 Å². The summed E-state index contributed by atoms with van der Waals surface area (Å²) >= 11 is 7.10. The summed E-state index contributed by atoms with van der Waals surface area (Å²) in [7, 11) is -3.73. The Labute approximate surface area is 133 Å². The molecule has 1 aromatic heterocycles. The van der Waals surface area contributed by atoms with E-state index in [0.717, 1.165) is 5.69 Å². The molecule has 0 aliphatic carbocycles. The highest BCUT2D eigenvalue weighted by Gasteiger charge is 2.21. The monoisotopic (exact) mass is 345 g/mol. The van der Waals surface area contributed by atoms with Crippen molar-refractivity contribution < 1.29 is 8.42 Å². The van der Waals surface area contributed by atoms with Crippen molar-refractivity contribution in [1.82, 2.24) is 4.98 Å². The Morgan fingerprint density at radius 2 is 2.00 bits per heavy atom. The first kappa shape index (κ1) is 16.1. The highest BCUT2D eigenvalue weighted by Crippen LogP contribution is 2.28. The van der Waals surface area contributed by atoms with Gasteiger partial charge in [-0.05, 0) is 18.2 Å². The summed E-state index contributed by atoms with van der Waals surface area (Å²) in [6, 6.07) is 4.18. The van der Waals surface area contributed by atoms with E-state index in [9.17, 15) is 8.42 Å². The van der Waals surface area contributed by atoms with E-state index in [2.05, 4.69) is 9.71 Å². The Balaban J connectivity index is 2.29. The minimum Gasteiger partial charge on any atom is -0.398 e. The third-order valence-corrected chi connectivity index (χ3v) is 5.33. The first-order chi connectivity index (χ1) is 9.59. The third kappa shape index (κ3) is 3.66. The van der Waals surface area contributed by atoms with Crippen LogP contribution in [0.1, 0.15) is 26.5 Å². The van der Waals surface area contributed by atoms with Gasteiger partial charge in [0.2, 0.25) is 0 Å². The maximum atomic E-state index is 12.3. The van der Waals surface area contributed by atoms with Crippen molar-refractivity contribution in [2.24, 2.45) is 0 Å². The van der Waals surface area contributed by atoms with Crippen molar-refractivity contribution in [3.05, 3.63) is 34.3 Å². The summed E-state index contributed by atoms with van der Waals surface area (Å²) in [6.07, 6.45) is 0. The molecule has 0 radical (unpaired) electrons. The fraction of sp³-hybridized carbons (Fsp3) is 0.308. The van der Waals surface area contributed by atoms with Gasteiger partial charge in [-0.2, -0.15) is 0 Å². The summed E-state index contributed by atoms with van der Waals surface area (Å²) in [5.41, 5.74) is 6.61. The van der Waals surface area contributed by atoms with Crippen LogP contribution in [0.3, 0.4) is 0 Å². The SMILES string of the molecule is CC(C)(C)c1csc(NS(=O)(=O)c2ccc(N)c(Cl)c2)n1. The average molecular weight is 346 g/mol. The van der Waals surface area contributed by atoms with Gasteiger partial charge in [-0.25, -0.2) is 13.4 Å². The molecule has 0 spiro atoms. The molecule has 0 unspecified atom stereocenters. The Bertz CT molecular complexity index is 764. The van der Waals surface area contributed by atoms with Crippen molar-refractivity contribution in [2.75, 3.05) is 10.5 Å². The van der Waals surface area contributed by atoms with Gasteiger partial charge in [-0.3, -0.25) is 4.72 Å². The molecule has 0 atom stereocenters. The number of rotatable bonds is 3. The molecule has 0 amide bonds. The molecular formula is C13H16ClN3O2S2. The number of benzene rings is 1. The van der Waals surface area contributed by atoms with Crippen molar-refractivity contribution in [3.63, 3.8) is 0 Å². The first-order valence-corrected chi connectivity index (χ1v) is 8.87. The summed E-state index contributed by atoms with van der Waals surface area (Å²) in [6.45, 7) is 6.04. The fourth-order valence-corrected chi connectivity index (χ4v) is 3.97. The number of nitrogens with two attached hydrogens (primary N) is 1. The van der Waals surface area contributed by atoms with E-state index in [1.165, 1.54) is 29.5 Å². The molecule has 2 aromatic rings. The zero-order valence-electron chi connectivity index (χ0n) is 11.8. The number of hydrogen-bond donors (Lipinski definition) is 2. The second kappa shape index (κ2) is 5.47. The number of nitrogens with one attached hydrogen (secondary N) is 1. The van der Waals surface area contributed by atoms with E-state index in [1.54, 1.807) is 0 Å². The van der Waals surface area contributed by atoms with Crippen molar-refractivity contribution >= 4 is 43.8 Å². The van der Waals surface area contributed by atoms with Gasteiger partial charge in [0.15, 0.2) is 5.13 Å². The molecule has 0 aliphatic rings. The number of hydrogen-bond acceptors (Lipinski definition) is 5. The molecule has 0 bridgehead atoms. The molecule has 0 saturated heterocycles. The van der Waals surface area contributed by atoms with Crippen molar-refractivity contribution in [2.45, 2.75) is 31.1 Å². The predicted molar refractivity (Wildman–Crippen MR) is 87.5 cm³/mol. The smallest absolute Gasteiger partial charge is 0.263 e. The predicted octanol–water partition coefficient (Wildman–Crippen LogP) is 3.48. The van der Waals surface area contributed by atoms with Crippen molar-refractivity contribution in [1.29, 1.82) is 0 Å². The number of aromatic nitrogens is 1.